The van der Waals surface area contributed by atoms with Gasteiger partial charge in [-0.25, -0.2) is 0 Å². The molecule has 1 aliphatic rings. The largest absolute Gasteiger partial charge is 0.494 e. The van der Waals surface area contributed by atoms with Crippen molar-refractivity contribution in [2.24, 2.45) is 0 Å². The number of nitrogens with one attached hydrogen (secondary N) is 1. The minimum absolute atomic E-state index is 0.256. The van der Waals surface area contributed by atoms with E-state index in [1.807, 2.05) is 6.92 Å². The van der Waals surface area contributed by atoms with E-state index in [0.29, 0.717) is 6.61 Å². The van der Waals surface area contributed by atoms with E-state index < -0.39 is 0 Å². The van der Waals surface area contributed by atoms with Gasteiger partial charge in [-0.2, -0.15) is 0 Å². The first-order valence-corrected chi connectivity index (χ1v) is 10.0. The van der Waals surface area contributed by atoms with E-state index in [-0.39, 0.29) is 6.04 Å². The van der Waals surface area contributed by atoms with Crippen LogP contribution < -0.4 is 10.1 Å². The summed E-state index contributed by atoms with van der Waals surface area (Å²) in [6, 6.07) is 24.3. The summed E-state index contributed by atoms with van der Waals surface area (Å²) in [6.07, 6.45) is 1.18. The van der Waals surface area contributed by atoms with Gasteiger partial charge in [0, 0.05) is 19.6 Å². The van der Waals surface area contributed by atoms with Crippen molar-refractivity contribution in [2.45, 2.75) is 19.4 Å². The van der Waals surface area contributed by atoms with Gasteiger partial charge in [-0.3, -0.25) is 4.90 Å². The van der Waals surface area contributed by atoms with Crippen molar-refractivity contribution in [3.05, 3.63) is 77.9 Å². The summed E-state index contributed by atoms with van der Waals surface area (Å²) in [6.45, 7) is 7.02. The lowest BCUT2D eigenvalue weighted by Gasteiger charge is -2.32. The Labute approximate surface area is 162 Å². The Bertz CT molecular complexity index is 862. The molecule has 1 saturated heterocycles. The predicted octanol–water partition coefficient (Wildman–Crippen LogP) is 4.62. The van der Waals surface area contributed by atoms with E-state index in [2.05, 4.69) is 76.9 Å². The van der Waals surface area contributed by atoms with E-state index in [1.165, 1.54) is 28.3 Å². The van der Waals surface area contributed by atoms with Gasteiger partial charge in [0.25, 0.3) is 0 Å². The highest BCUT2D eigenvalue weighted by Gasteiger charge is 2.24. The van der Waals surface area contributed by atoms with Crippen LogP contribution in [-0.2, 0) is 0 Å². The molecule has 27 heavy (non-hydrogen) atoms. The van der Waals surface area contributed by atoms with Crippen LogP contribution >= 0.6 is 0 Å². The summed E-state index contributed by atoms with van der Waals surface area (Å²) < 4.78 is 5.66. The molecule has 3 aromatic rings. The zero-order chi connectivity index (χ0) is 18.5. The summed E-state index contributed by atoms with van der Waals surface area (Å²) in [4.78, 5) is 2.62. The standard InChI is InChI=1S/C24H28N2O/c1-2-27-21-13-11-20(12-14-21)24(26-17-6-15-25-16-18-26)23-10-5-8-19-7-3-4-9-22(19)23/h3-5,7-14,24-25H,2,6,15-18H2,1H3. The molecular weight excluding hydrogens is 332 g/mol. The third kappa shape index (κ3) is 4.00. The molecule has 0 saturated carbocycles. The van der Waals surface area contributed by atoms with Crippen LogP contribution in [0.5, 0.6) is 5.75 Å². The van der Waals surface area contributed by atoms with Crippen LogP contribution in [-0.4, -0.2) is 37.7 Å². The second-order valence-electron chi connectivity index (χ2n) is 7.11. The normalized spacial score (nSPS) is 16.8. The first-order chi connectivity index (χ1) is 13.4. The fraction of sp³-hybridized carbons (Fsp3) is 0.333. The van der Waals surface area contributed by atoms with E-state index in [4.69, 9.17) is 4.74 Å². The Kier molecular flexibility index (Phi) is 5.71. The van der Waals surface area contributed by atoms with Crippen molar-refractivity contribution in [2.75, 3.05) is 32.8 Å². The van der Waals surface area contributed by atoms with Gasteiger partial charge >= 0.3 is 0 Å². The van der Waals surface area contributed by atoms with Crippen LogP contribution in [0.4, 0.5) is 0 Å². The second kappa shape index (κ2) is 8.55. The van der Waals surface area contributed by atoms with E-state index in [0.717, 1.165) is 31.9 Å². The summed E-state index contributed by atoms with van der Waals surface area (Å²) in [5.41, 5.74) is 2.72. The average Bonchev–Trinajstić information content (AvgIpc) is 2.99. The van der Waals surface area contributed by atoms with Crippen molar-refractivity contribution in [3.8, 4) is 5.75 Å². The van der Waals surface area contributed by atoms with Gasteiger partial charge in [0.15, 0.2) is 0 Å². The Morgan fingerprint density at radius 3 is 2.59 bits per heavy atom. The molecular formula is C24H28N2O. The lowest BCUT2D eigenvalue weighted by molar-refractivity contribution is 0.242. The van der Waals surface area contributed by atoms with Crippen molar-refractivity contribution in [1.29, 1.82) is 0 Å². The highest BCUT2D eigenvalue weighted by atomic mass is 16.5. The zero-order valence-electron chi connectivity index (χ0n) is 16.0. The number of rotatable bonds is 5. The first kappa shape index (κ1) is 18.0. The number of benzene rings is 3. The van der Waals surface area contributed by atoms with Crippen LogP contribution in [0.2, 0.25) is 0 Å². The fourth-order valence-corrected chi connectivity index (χ4v) is 4.11. The van der Waals surface area contributed by atoms with Gasteiger partial charge in [0.2, 0.25) is 0 Å². The fourth-order valence-electron chi connectivity index (χ4n) is 4.11. The van der Waals surface area contributed by atoms with Crippen molar-refractivity contribution < 1.29 is 4.74 Å². The Morgan fingerprint density at radius 1 is 0.926 bits per heavy atom. The van der Waals surface area contributed by atoms with Crippen LogP contribution in [0.3, 0.4) is 0 Å². The highest BCUT2D eigenvalue weighted by Crippen LogP contribution is 2.34. The molecule has 0 aromatic heterocycles. The van der Waals surface area contributed by atoms with E-state index in [1.54, 1.807) is 0 Å². The Balaban J connectivity index is 1.79. The van der Waals surface area contributed by atoms with Crippen LogP contribution in [0.15, 0.2) is 66.7 Å². The van der Waals surface area contributed by atoms with Crippen LogP contribution in [0, 0.1) is 0 Å². The van der Waals surface area contributed by atoms with Crippen molar-refractivity contribution in [3.63, 3.8) is 0 Å². The molecule has 1 unspecified atom stereocenters. The third-order valence-corrected chi connectivity index (χ3v) is 5.36. The molecule has 1 atom stereocenters. The maximum absolute atomic E-state index is 5.66. The van der Waals surface area contributed by atoms with E-state index in [9.17, 15) is 0 Å². The van der Waals surface area contributed by atoms with Gasteiger partial charge in [-0.15, -0.1) is 0 Å². The van der Waals surface area contributed by atoms with Gasteiger partial charge in [0.05, 0.1) is 12.6 Å². The topological polar surface area (TPSA) is 24.5 Å². The lowest BCUT2D eigenvalue weighted by atomic mass is 9.92. The molecule has 3 heteroatoms. The summed E-state index contributed by atoms with van der Waals surface area (Å²) in [5.74, 6) is 0.940. The van der Waals surface area contributed by atoms with Gasteiger partial charge in [0.1, 0.15) is 5.75 Å². The van der Waals surface area contributed by atoms with Gasteiger partial charge < -0.3 is 10.1 Å². The molecule has 0 bridgehead atoms. The predicted molar refractivity (Wildman–Crippen MR) is 112 cm³/mol. The number of hydrogen-bond acceptors (Lipinski definition) is 3. The molecule has 1 fully saturated rings. The summed E-state index contributed by atoms with van der Waals surface area (Å²) in [7, 11) is 0. The second-order valence-corrected chi connectivity index (χ2v) is 7.11. The van der Waals surface area contributed by atoms with E-state index >= 15 is 0 Å². The molecule has 3 aromatic carbocycles. The minimum Gasteiger partial charge on any atom is -0.494 e. The van der Waals surface area contributed by atoms with Crippen LogP contribution in [0.25, 0.3) is 10.8 Å². The number of ether oxygens (including phenoxy) is 1. The van der Waals surface area contributed by atoms with Crippen LogP contribution in [0.1, 0.15) is 30.5 Å². The van der Waals surface area contributed by atoms with Crippen molar-refractivity contribution >= 4 is 10.8 Å². The molecule has 0 aliphatic carbocycles. The molecule has 4 rings (SSSR count). The first-order valence-electron chi connectivity index (χ1n) is 10.0. The smallest absolute Gasteiger partial charge is 0.119 e. The summed E-state index contributed by atoms with van der Waals surface area (Å²) >= 11 is 0. The minimum atomic E-state index is 0.256. The quantitative estimate of drug-likeness (QED) is 0.718. The highest BCUT2D eigenvalue weighted by molar-refractivity contribution is 5.86. The van der Waals surface area contributed by atoms with Gasteiger partial charge in [-0.05, 0) is 53.9 Å². The molecule has 0 radical (unpaired) electrons. The maximum Gasteiger partial charge on any atom is 0.119 e. The molecule has 0 spiro atoms. The molecule has 3 nitrogen and oxygen atoms in total. The summed E-state index contributed by atoms with van der Waals surface area (Å²) in [5, 5.41) is 6.18. The average molecular weight is 361 g/mol. The SMILES string of the molecule is CCOc1ccc(C(c2cccc3ccccc23)N2CCCNCC2)cc1. The monoisotopic (exact) mass is 360 g/mol. The number of nitrogens with zero attached hydrogens (tertiary/aromatic N) is 1. The molecule has 0 amide bonds. The maximum atomic E-state index is 5.66. The number of hydrogen-bond donors (Lipinski definition) is 1. The molecule has 1 N–H and O–H groups in total. The Morgan fingerprint density at radius 2 is 1.74 bits per heavy atom. The molecule has 140 valence electrons. The van der Waals surface area contributed by atoms with Gasteiger partial charge in [-0.1, -0.05) is 54.6 Å². The zero-order valence-corrected chi connectivity index (χ0v) is 16.0. The lowest BCUT2D eigenvalue weighted by Crippen LogP contribution is -2.33. The number of fused-ring (bicyclic) bond motifs is 1. The Hall–Kier alpha value is -2.36. The van der Waals surface area contributed by atoms with Crippen molar-refractivity contribution in [1.82, 2.24) is 10.2 Å². The molecule has 1 aliphatic heterocycles. The molecule has 1 heterocycles. The third-order valence-electron chi connectivity index (χ3n) is 5.36.